The van der Waals surface area contributed by atoms with E-state index in [9.17, 15) is 13.2 Å². The summed E-state index contributed by atoms with van der Waals surface area (Å²) in [5.41, 5.74) is 0.591. The van der Waals surface area contributed by atoms with E-state index in [1.54, 1.807) is 23.4 Å². The minimum Gasteiger partial charge on any atom is -0.372 e. The van der Waals surface area contributed by atoms with Gasteiger partial charge in [0.15, 0.2) is 0 Å². The summed E-state index contributed by atoms with van der Waals surface area (Å²) in [4.78, 5) is 9.47. The van der Waals surface area contributed by atoms with E-state index in [1.165, 1.54) is 7.05 Å². The lowest BCUT2D eigenvalue weighted by atomic mass is 10.2. The molecule has 9 nitrogen and oxygen atoms in total. The summed E-state index contributed by atoms with van der Waals surface area (Å²) in [6.07, 6.45) is 3.95. The Morgan fingerprint density at radius 2 is 1.79 bits per heavy atom. The van der Waals surface area contributed by atoms with Gasteiger partial charge in [0, 0.05) is 13.2 Å². The highest BCUT2D eigenvalue weighted by atomic mass is 19.4. The van der Waals surface area contributed by atoms with Crippen molar-refractivity contribution in [2.45, 2.75) is 44.4 Å². The zero-order valence-corrected chi connectivity index (χ0v) is 15.8. The Kier molecular flexibility index (Phi) is 4.84. The van der Waals surface area contributed by atoms with Gasteiger partial charge in [0.25, 0.3) is 0 Å². The summed E-state index contributed by atoms with van der Waals surface area (Å²) in [5, 5.41) is 18.3. The third-order valence-corrected chi connectivity index (χ3v) is 5.11. The summed E-state index contributed by atoms with van der Waals surface area (Å²) in [5.74, 6) is -0.222. The first-order valence-corrected chi connectivity index (χ1v) is 9.15. The van der Waals surface area contributed by atoms with Crippen molar-refractivity contribution in [1.82, 2.24) is 34.7 Å². The van der Waals surface area contributed by atoms with E-state index >= 15 is 0 Å². The summed E-state index contributed by atoms with van der Waals surface area (Å²) < 4.78 is 40.9. The highest BCUT2D eigenvalue weighted by molar-refractivity contribution is 5.58. The second-order valence-electron chi connectivity index (χ2n) is 6.89. The first-order chi connectivity index (χ1) is 13.9. The van der Waals surface area contributed by atoms with E-state index in [2.05, 4.69) is 35.9 Å². The fourth-order valence-electron chi connectivity index (χ4n) is 3.66. The maximum absolute atomic E-state index is 13.0. The molecule has 3 heterocycles. The average molecular weight is 407 g/mol. The second-order valence-corrected chi connectivity index (χ2v) is 6.89. The molecule has 0 bridgehead atoms. The molecule has 0 radical (unpaired) electrons. The van der Waals surface area contributed by atoms with Gasteiger partial charge in [-0.15, -0.1) is 0 Å². The third kappa shape index (κ3) is 3.74. The number of nitrogens with zero attached hydrogens (tertiary/aromatic N) is 7. The number of anilines is 3. The van der Waals surface area contributed by atoms with Crippen molar-refractivity contribution in [2.24, 2.45) is 0 Å². The van der Waals surface area contributed by atoms with Crippen LogP contribution >= 0.6 is 0 Å². The predicted molar refractivity (Wildman–Crippen MR) is 98.8 cm³/mol. The van der Waals surface area contributed by atoms with Crippen molar-refractivity contribution in [1.29, 1.82) is 0 Å². The Morgan fingerprint density at radius 3 is 2.48 bits per heavy atom. The zero-order valence-electron chi connectivity index (χ0n) is 15.8. The Hall–Kier alpha value is -3.18. The van der Waals surface area contributed by atoms with Gasteiger partial charge in [-0.25, -0.2) is 4.98 Å². The number of aromatic nitrogens is 7. The molecule has 0 spiro atoms. The molecule has 4 rings (SSSR count). The average Bonchev–Trinajstić information content (AvgIpc) is 3.42. The molecular weight excluding hydrogens is 387 g/mol. The van der Waals surface area contributed by atoms with Crippen LogP contribution in [-0.4, -0.2) is 41.8 Å². The molecule has 12 heteroatoms. The van der Waals surface area contributed by atoms with Crippen molar-refractivity contribution >= 4 is 17.5 Å². The van der Waals surface area contributed by atoms with Gasteiger partial charge >= 0.3 is 6.18 Å². The van der Waals surface area contributed by atoms with Crippen LogP contribution in [0, 0.1) is 6.92 Å². The standard InChI is InChI=1S/C17H20F3N9/c1-10-14(26-16-22-8-13(17(18,19)20)15(21-2)27-16)9-25-28(10)11-3-4-12(7-11)29-23-5-6-24-29/h5-6,8-9,11-12H,3-4,7H2,1-2H3,(H2,21,22,26,27). The van der Waals surface area contributed by atoms with E-state index in [4.69, 9.17) is 0 Å². The van der Waals surface area contributed by atoms with Crippen LogP contribution in [0.25, 0.3) is 0 Å². The Labute approximate surface area is 164 Å². The van der Waals surface area contributed by atoms with Crippen LogP contribution < -0.4 is 10.6 Å². The molecular formula is C17H20F3N9. The van der Waals surface area contributed by atoms with E-state index in [1.807, 2.05) is 11.6 Å². The number of nitrogens with one attached hydrogen (secondary N) is 2. The lowest BCUT2D eigenvalue weighted by Crippen LogP contribution is -2.13. The smallest absolute Gasteiger partial charge is 0.372 e. The van der Waals surface area contributed by atoms with Crippen molar-refractivity contribution in [2.75, 3.05) is 17.7 Å². The number of hydrogen-bond acceptors (Lipinski definition) is 7. The van der Waals surface area contributed by atoms with Crippen molar-refractivity contribution in [3.63, 3.8) is 0 Å². The van der Waals surface area contributed by atoms with Crippen LogP contribution in [0.15, 0.2) is 24.8 Å². The Morgan fingerprint density at radius 1 is 1.07 bits per heavy atom. The van der Waals surface area contributed by atoms with E-state index in [0.717, 1.165) is 31.2 Å². The molecule has 1 aliphatic rings. The van der Waals surface area contributed by atoms with Gasteiger partial charge in [0.2, 0.25) is 5.95 Å². The molecule has 1 fully saturated rings. The molecule has 3 aromatic heterocycles. The molecule has 1 aliphatic carbocycles. The van der Waals surface area contributed by atoms with Crippen molar-refractivity contribution in [3.8, 4) is 0 Å². The molecule has 0 saturated heterocycles. The summed E-state index contributed by atoms with van der Waals surface area (Å²) in [6.45, 7) is 1.90. The minimum atomic E-state index is -4.53. The van der Waals surface area contributed by atoms with Crippen LogP contribution in [0.1, 0.15) is 42.6 Å². The maximum atomic E-state index is 13.0. The number of halogens is 3. The third-order valence-electron chi connectivity index (χ3n) is 5.11. The molecule has 2 unspecified atom stereocenters. The molecule has 154 valence electrons. The van der Waals surface area contributed by atoms with Crippen LogP contribution in [0.5, 0.6) is 0 Å². The van der Waals surface area contributed by atoms with Gasteiger partial charge in [-0.3, -0.25) is 4.68 Å². The lowest BCUT2D eigenvalue weighted by Gasteiger charge is -2.15. The molecule has 0 amide bonds. The van der Waals surface area contributed by atoms with Crippen molar-refractivity contribution < 1.29 is 13.2 Å². The fourth-order valence-corrected chi connectivity index (χ4v) is 3.66. The molecule has 0 aromatic carbocycles. The maximum Gasteiger partial charge on any atom is 0.421 e. The van der Waals surface area contributed by atoms with Crippen LogP contribution in [0.3, 0.4) is 0 Å². The highest BCUT2D eigenvalue weighted by Crippen LogP contribution is 2.38. The molecule has 2 atom stereocenters. The lowest BCUT2D eigenvalue weighted by molar-refractivity contribution is -0.137. The zero-order chi connectivity index (χ0) is 20.6. The highest BCUT2D eigenvalue weighted by Gasteiger charge is 2.35. The summed E-state index contributed by atoms with van der Waals surface area (Å²) >= 11 is 0. The quantitative estimate of drug-likeness (QED) is 0.669. The van der Waals surface area contributed by atoms with Gasteiger partial charge in [0.1, 0.15) is 11.4 Å². The largest absolute Gasteiger partial charge is 0.421 e. The van der Waals surface area contributed by atoms with Gasteiger partial charge in [-0.1, -0.05) is 0 Å². The summed E-state index contributed by atoms with van der Waals surface area (Å²) in [7, 11) is 1.38. The van der Waals surface area contributed by atoms with E-state index in [-0.39, 0.29) is 23.8 Å². The molecule has 1 saturated carbocycles. The fraction of sp³-hybridized carbons (Fsp3) is 0.471. The van der Waals surface area contributed by atoms with Crippen LogP contribution in [0.4, 0.5) is 30.6 Å². The molecule has 29 heavy (non-hydrogen) atoms. The molecule has 2 N–H and O–H groups in total. The van der Waals surface area contributed by atoms with Crippen LogP contribution in [0.2, 0.25) is 0 Å². The minimum absolute atomic E-state index is 0.0649. The number of hydrogen-bond donors (Lipinski definition) is 2. The van der Waals surface area contributed by atoms with Crippen LogP contribution in [-0.2, 0) is 6.18 Å². The van der Waals surface area contributed by atoms with E-state index < -0.39 is 11.7 Å². The predicted octanol–water partition coefficient (Wildman–Crippen LogP) is 3.34. The van der Waals surface area contributed by atoms with Gasteiger partial charge < -0.3 is 10.6 Å². The van der Waals surface area contributed by atoms with Gasteiger partial charge in [-0.05, 0) is 26.2 Å². The monoisotopic (exact) mass is 407 g/mol. The Balaban J connectivity index is 1.51. The molecule has 0 aliphatic heterocycles. The van der Waals surface area contributed by atoms with Gasteiger partial charge in [0.05, 0.1) is 42.1 Å². The van der Waals surface area contributed by atoms with Gasteiger partial charge in [-0.2, -0.15) is 38.2 Å². The normalized spacial score (nSPS) is 19.5. The number of alkyl halides is 3. The second kappa shape index (κ2) is 7.33. The first kappa shape index (κ1) is 19.2. The SMILES string of the molecule is CNc1nc(Nc2cnn(C3CCC(n4nccn4)C3)c2C)ncc1C(F)(F)F. The number of rotatable bonds is 5. The van der Waals surface area contributed by atoms with Crippen molar-refractivity contribution in [3.05, 3.63) is 36.0 Å². The topological polar surface area (TPSA) is 98.4 Å². The first-order valence-electron chi connectivity index (χ1n) is 9.15. The Bertz CT molecular complexity index is 981. The summed E-state index contributed by atoms with van der Waals surface area (Å²) in [6, 6.07) is 0.425. The molecule has 3 aromatic rings. The van der Waals surface area contributed by atoms with E-state index in [0.29, 0.717) is 5.69 Å².